The predicted octanol–water partition coefficient (Wildman–Crippen LogP) is 1.80. The largest absolute Gasteiger partial charge is 0.480 e. The molecule has 6 heteroatoms. The van der Waals surface area contributed by atoms with Crippen molar-refractivity contribution in [3.05, 3.63) is 29.8 Å². The van der Waals surface area contributed by atoms with Gasteiger partial charge in [0.05, 0.1) is 11.0 Å². The number of halogens is 1. The molecule has 0 amide bonds. The van der Waals surface area contributed by atoms with E-state index in [0.717, 1.165) is 5.52 Å². The molecule has 0 aliphatic carbocycles. The summed E-state index contributed by atoms with van der Waals surface area (Å²) >= 11 is 0. The first kappa shape index (κ1) is 12.5. The van der Waals surface area contributed by atoms with Crippen LogP contribution in [0.15, 0.2) is 18.2 Å². The van der Waals surface area contributed by atoms with Gasteiger partial charge in [-0.05, 0) is 19.1 Å². The Kier molecular flexibility index (Phi) is 3.57. The number of rotatable bonds is 5. The number of ether oxygens (including phenoxy) is 1. The topological polar surface area (TPSA) is 64.3 Å². The Balaban J connectivity index is 2.29. The normalized spacial score (nSPS) is 11.0. The van der Waals surface area contributed by atoms with Gasteiger partial charge in [0.15, 0.2) is 0 Å². The summed E-state index contributed by atoms with van der Waals surface area (Å²) in [6.07, 6.45) is 0. The van der Waals surface area contributed by atoms with Crippen LogP contribution in [0.25, 0.3) is 11.0 Å². The summed E-state index contributed by atoms with van der Waals surface area (Å²) in [6, 6.07) is 4.38. The van der Waals surface area contributed by atoms with E-state index in [9.17, 15) is 9.18 Å². The second-order valence-electron chi connectivity index (χ2n) is 3.79. The number of aliphatic carboxylic acids is 1. The highest BCUT2D eigenvalue weighted by Crippen LogP contribution is 2.18. The molecular formula is C12H13FN2O3. The molecule has 0 saturated carbocycles. The summed E-state index contributed by atoms with van der Waals surface area (Å²) < 4.78 is 20.0. The molecule has 1 aromatic heterocycles. The van der Waals surface area contributed by atoms with Gasteiger partial charge in [0, 0.05) is 12.6 Å². The van der Waals surface area contributed by atoms with E-state index in [1.54, 1.807) is 6.07 Å². The van der Waals surface area contributed by atoms with Gasteiger partial charge in [-0.3, -0.25) is 0 Å². The second-order valence-corrected chi connectivity index (χ2v) is 3.79. The molecule has 2 rings (SSSR count). The van der Waals surface area contributed by atoms with Crippen molar-refractivity contribution in [2.45, 2.75) is 20.1 Å². The van der Waals surface area contributed by atoms with Gasteiger partial charge >= 0.3 is 5.97 Å². The van der Waals surface area contributed by atoms with Crippen LogP contribution in [-0.4, -0.2) is 27.2 Å². The molecule has 2 aromatic rings. The Morgan fingerprint density at radius 1 is 1.56 bits per heavy atom. The lowest BCUT2D eigenvalue weighted by molar-refractivity contribution is -0.142. The molecule has 0 fully saturated rings. The lowest BCUT2D eigenvalue weighted by atomic mass is 10.3. The van der Waals surface area contributed by atoms with Crippen molar-refractivity contribution >= 4 is 17.0 Å². The fourth-order valence-electron chi connectivity index (χ4n) is 1.85. The fourth-order valence-corrected chi connectivity index (χ4v) is 1.85. The molecule has 0 aliphatic heterocycles. The van der Waals surface area contributed by atoms with Crippen LogP contribution >= 0.6 is 0 Å². The Labute approximate surface area is 103 Å². The molecular weight excluding hydrogens is 239 g/mol. The maximum absolute atomic E-state index is 13.1. The molecule has 0 spiro atoms. The van der Waals surface area contributed by atoms with Crippen LogP contribution < -0.4 is 0 Å². The number of benzene rings is 1. The van der Waals surface area contributed by atoms with Gasteiger partial charge < -0.3 is 14.4 Å². The summed E-state index contributed by atoms with van der Waals surface area (Å²) in [6.45, 7) is 2.32. The van der Waals surface area contributed by atoms with Gasteiger partial charge in [0.2, 0.25) is 0 Å². The molecule has 18 heavy (non-hydrogen) atoms. The number of imidazole rings is 1. The molecule has 1 aromatic carbocycles. The van der Waals surface area contributed by atoms with Gasteiger partial charge in [-0.2, -0.15) is 0 Å². The smallest absolute Gasteiger partial charge is 0.329 e. The SMILES string of the molecule is CCn1c(COCC(=O)O)nc2cc(F)ccc21. The van der Waals surface area contributed by atoms with Crippen molar-refractivity contribution in [1.82, 2.24) is 9.55 Å². The van der Waals surface area contributed by atoms with Crippen molar-refractivity contribution in [1.29, 1.82) is 0 Å². The van der Waals surface area contributed by atoms with E-state index in [1.165, 1.54) is 12.1 Å². The lowest BCUT2D eigenvalue weighted by Crippen LogP contribution is -2.10. The average molecular weight is 252 g/mol. The first-order valence-corrected chi connectivity index (χ1v) is 5.56. The zero-order valence-electron chi connectivity index (χ0n) is 9.89. The maximum atomic E-state index is 13.1. The number of carboxylic acids is 1. The first-order chi connectivity index (χ1) is 8.61. The highest BCUT2D eigenvalue weighted by Gasteiger charge is 2.10. The summed E-state index contributed by atoms with van der Waals surface area (Å²) in [5.41, 5.74) is 1.36. The van der Waals surface area contributed by atoms with Gasteiger partial charge in [-0.1, -0.05) is 0 Å². The highest BCUT2D eigenvalue weighted by molar-refractivity contribution is 5.76. The quantitative estimate of drug-likeness (QED) is 0.881. The maximum Gasteiger partial charge on any atom is 0.329 e. The molecule has 0 radical (unpaired) electrons. The van der Waals surface area contributed by atoms with Gasteiger partial charge in [-0.25, -0.2) is 14.2 Å². The third kappa shape index (κ3) is 2.48. The van der Waals surface area contributed by atoms with E-state index in [-0.39, 0.29) is 19.0 Å². The van der Waals surface area contributed by atoms with Crippen molar-refractivity contribution < 1.29 is 19.0 Å². The summed E-state index contributed by atoms with van der Waals surface area (Å²) in [7, 11) is 0. The number of fused-ring (bicyclic) bond motifs is 1. The van der Waals surface area contributed by atoms with Crippen LogP contribution in [-0.2, 0) is 22.7 Å². The summed E-state index contributed by atoms with van der Waals surface area (Å²) in [5, 5.41) is 8.49. The number of hydrogen-bond donors (Lipinski definition) is 1. The highest BCUT2D eigenvalue weighted by atomic mass is 19.1. The van der Waals surface area contributed by atoms with Crippen molar-refractivity contribution in [3.8, 4) is 0 Å². The number of hydrogen-bond acceptors (Lipinski definition) is 3. The zero-order valence-corrected chi connectivity index (χ0v) is 9.89. The Morgan fingerprint density at radius 2 is 2.33 bits per heavy atom. The lowest BCUT2D eigenvalue weighted by Gasteiger charge is -2.05. The average Bonchev–Trinajstić information content (AvgIpc) is 2.65. The van der Waals surface area contributed by atoms with Crippen LogP contribution in [0.4, 0.5) is 4.39 Å². The number of aromatic nitrogens is 2. The van der Waals surface area contributed by atoms with E-state index in [2.05, 4.69) is 4.98 Å². The fraction of sp³-hybridized carbons (Fsp3) is 0.333. The Bertz CT molecular complexity index is 580. The standard InChI is InChI=1S/C12H13FN2O3/c1-2-15-10-4-3-8(13)5-9(10)14-11(15)6-18-7-12(16)17/h3-5H,2,6-7H2,1H3,(H,16,17). The number of aryl methyl sites for hydroxylation is 1. The third-order valence-corrected chi connectivity index (χ3v) is 2.56. The van der Waals surface area contributed by atoms with Crippen molar-refractivity contribution in [3.63, 3.8) is 0 Å². The first-order valence-electron chi connectivity index (χ1n) is 5.56. The Hall–Kier alpha value is -1.95. The van der Waals surface area contributed by atoms with Gasteiger partial charge in [0.1, 0.15) is 24.9 Å². The molecule has 1 heterocycles. The second kappa shape index (κ2) is 5.14. The minimum Gasteiger partial charge on any atom is -0.480 e. The van der Waals surface area contributed by atoms with Gasteiger partial charge in [-0.15, -0.1) is 0 Å². The minimum absolute atomic E-state index is 0.0937. The Morgan fingerprint density at radius 3 is 3.00 bits per heavy atom. The zero-order chi connectivity index (χ0) is 13.1. The minimum atomic E-state index is -1.03. The van der Waals surface area contributed by atoms with Crippen LogP contribution in [0.3, 0.4) is 0 Å². The van der Waals surface area contributed by atoms with Crippen LogP contribution in [0.2, 0.25) is 0 Å². The number of carboxylic acid groups (broad SMARTS) is 1. The van der Waals surface area contributed by atoms with E-state index >= 15 is 0 Å². The van der Waals surface area contributed by atoms with Crippen molar-refractivity contribution in [2.75, 3.05) is 6.61 Å². The molecule has 0 bridgehead atoms. The molecule has 1 N–H and O–H groups in total. The summed E-state index contributed by atoms with van der Waals surface area (Å²) in [5.74, 6) is -0.777. The monoisotopic (exact) mass is 252 g/mol. The molecule has 0 unspecified atom stereocenters. The van der Waals surface area contributed by atoms with Crippen LogP contribution in [0.1, 0.15) is 12.7 Å². The predicted molar refractivity (Wildman–Crippen MR) is 62.7 cm³/mol. The van der Waals surface area contributed by atoms with Crippen LogP contribution in [0, 0.1) is 5.82 Å². The van der Waals surface area contributed by atoms with E-state index < -0.39 is 5.97 Å². The number of nitrogens with zero attached hydrogens (tertiary/aromatic N) is 2. The van der Waals surface area contributed by atoms with Gasteiger partial charge in [0.25, 0.3) is 0 Å². The van der Waals surface area contributed by atoms with Crippen molar-refractivity contribution in [2.24, 2.45) is 0 Å². The molecule has 0 aliphatic rings. The van der Waals surface area contributed by atoms with E-state index in [4.69, 9.17) is 9.84 Å². The van der Waals surface area contributed by atoms with E-state index in [1.807, 2.05) is 11.5 Å². The third-order valence-electron chi connectivity index (χ3n) is 2.56. The molecule has 0 saturated heterocycles. The summed E-state index contributed by atoms with van der Waals surface area (Å²) in [4.78, 5) is 14.6. The van der Waals surface area contributed by atoms with E-state index in [0.29, 0.717) is 17.9 Å². The molecule has 96 valence electrons. The van der Waals surface area contributed by atoms with Crippen LogP contribution in [0.5, 0.6) is 0 Å². The molecule has 5 nitrogen and oxygen atoms in total. The number of carbonyl (C=O) groups is 1. The molecule has 0 atom stereocenters.